The summed E-state index contributed by atoms with van der Waals surface area (Å²) in [6.45, 7) is 2.77. The van der Waals surface area contributed by atoms with Crippen molar-refractivity contribution in [3.05, 3.63) is 29.7 Å². The summed E-state index contributed by atoms with van der Waals surface area (Å²) in [6.07, 6.45) is 5.37. The van der Waals surface area contributed by atoms with Crippen molar-refractivity contribution in [2.45, 2.75) is 26.3 Å². The number of hydrogen-bond donors (Lipinski definition) is 0. The number of fused-ring (bicyclic) bond motifs is 1. The number of imidazole rings is 2. The van der Waals surface area contributed by atoms with E-state index in [4.69, 9.17) is 16.6 Å². The Morgan fingerprint density at radius 1 is 1.24 bits per heavy atom. The highest BCUT2D eigenvalue weighted by atomic mass is 35.5. The first-order valence-electron chi connectivity index (χ1n) is 7.08. The molecule has 0 amide bonds. The summed E-state index contributed by atoms with van der Waals surface area (Å²) < 4.78 is 6.10. The van der Waals surface area contributed by atoms with Crippen LogP contribution in [0.25, 0.3) is 11.2 Å². The smallest absolute Gasteiger partial charge is 0.159 e. The van der Waals surface area contributed by atoms with Crippen LogP contribution in [0.3, 0.4) is 0 Å². The number of alkyl halides is 1. The Morgan fingerprint density at radius 2 is 2.05 bits per heavy atom. The van der Waals surface area contributed by atoms with E-state index < -0.39 is 0 Å². The van der Waals surface area contributed by atoms with Gasteiger partial charge < -0.3 is 9.13 Å². The van der Waals surface area contributed by atoms with Crippen LogP contribution in [0.4, 0.5) is 0 Å². The number of hydrogen-bond acceptors (Lipinski definition) is 3. The van der Waals surface area contributed by atoms with Crippen molar-refractivity contribution < 1.29 is 0 Å². The summed E-state index contributed by atoms with van der Waals surface area (Å²) in [5.74, 6) is 2.54. The minimum Gasteiger partial charge on any atom is -0.337 e. The molecule has 3 aromatic rings. The molecule has 0 saturated carbocycles. The second kappa shape index (κ2) is 5.52. The molecule has 21 heavy (non-hydrogen) atoms. The van der Waals surface area contributed by atoms with Gasteiger partial charge in [0.05, 0.1) is 12.2 Å². The van der Waals surface area contributed by atoms with Gasteiger partial charge in [-0.25, -0.2) is 9.97 Å². The molecule has 0 atom stereocenters. The van der Waals surface area contributed by atoms with Gasteiger partial charge in [-0.05, 0) is 6.42 Å². The average molecular weight is 307 g/mol. The molecule has 0 N–H and O–H groups in total. The number of halogens is 1. The van der Waals surface area contributed by atoms with Gasteiger partial charge in [-0.3, -0.25) is 4.68 Å². The van der Waals surface area contributed by atoms with Crippen LogP contribution in [-0.2, 0) is 33.5 Å². The van der Waals surface area contributed by atoms with Gasteiger partial charge in [0, 0.05) is 38.8 Å². The van der Waals surface area contributed by atoms with E-state index in [9.17, 15) is 0 Å². The van der Waals surface area contributed by atoms with Crippen molar-refractivity contribution in [3.8, 4) is 0 Å². The second-order valence-corrected chi connectivity index (χ2v) is 5.48. The summed E-state index contributed by atoms with van der Waals surface area (Å²) in [5, 5.41) is 4.55. The summed E-state index contributed by atoms with van der Waals surface area (Å²) in [4.78, 5) is 9.17. The van der Waals surface area contributed by atoms with Crippen LogP contribution in [0, 0.1) is 0 Å². The molecule has 0 unspecified atom stereocenters. The van der Waals surface area contributed by atoms with Crippen LogP contribution in [-0.4, -0.2) is 34.8 Å². The first-order valence-corrected chi connectivity index (χ1v) is 7.62. The van der Waals surface area contributed by atoms with E-state index in [1.165, 1.54) is 0 Å². The Morgan fingerprint density at radius 3 is 2.67 bits per heavy atom. The monoisotopic (exact) mass is 306 g/mol. The van der Waals surface area contributed by atoms with Crippen molar-refractivity contribution in [3.63, 3.8) is 0 Å². The lowest BCUT2D eigenvalue weighted by Crippen LogP contribution is -2.12. The van der Waals surface area contributed by atoms with E-state index in [1.54, 1.807) is 0 Å². The Hall–Kier alpha value is -1.82. The minimum atomic E-state index is 0.554. The molecule has 3 aromatic heterocycles. The van der Waals surface area contributed by atoms with E-state index in [1.807, 2.05) is 35.7 Å². The van der Waals surface area contributed by atoms with Crippen molar-refractivity contribution in [2.24, 2.45) is 14.1 Å². The molecule has 0 fully saturated rings. The highest BCUT2D eigenvalue weighted by Gasteiger charge is 2.19. The predicted molar refractivity (Wildman–Crippen MR) is 82.6 cm³/mol. The fourth-order valence-electron chi connectivity index (χ4n) is 2.66. The molecule has 7 heteroatoms. The van der Waals surface area contributed by atoms with Crippen molar-refractivity contribution in [1.82, 2.24) is 28.9 Å². The molecule has 112 valence electrons. The third kappa shape index (κ3) is 2.33. The molecule has 0 saturated heterocycles. The van der Waals surface area contributed by atoms with Crippen LogP contribution in [0.15, 0.2) is 12.4 Å². The fourth-order valence-corrected chi connectivity index (χ4v) is 2.83. The minimum absolute atomic E-state index is 0.554. The van der Waals surface area contributed by atoms with E-state index in [2.05, 4.69) is 21.6 Å². The molecule has 0 spiro atoms. The molecule has 3 rings (SSSR count). The normalized spacial score (nSPS) is 11.6. The van der Waals surface area contributed by atoms with Gasteiger partial charge in [0.2, 0.25) is 0 Å². The standard InChI is InChI=1S/C14H19ClN6/c1-4-10-13-14(20(3)18-10)21(11(17-13)5-6-15)9-12-16-7-8-19(12)2/h7-8H,4-6,9H2,1-3H3. The highest BCUT2D eigenvalue weighted by Crippen LogP contribution is 2.21. The maximum absolute atomic E-state index is 5.93. The zero-order valence-electron chi connectivity index (χ0n) is 12.5. The van der Waals surface area contributed by atoms with Gasteiger partial charge in [-0.2, -0.15) is 5.10 Å². The highest BCUT2D eigenvalue weighted by molar-refractivity contribution is 6.17. The Kier molecular flexibility index (Phi) is 3.71. The van der Waals surface area contributed by atoms with E-state index >= 15 is 0 Å². The Bertz CT molecular complexity index is 766. The molecule has 0 aromatic carbocycles. The lowest BCUT2D eigenvalue weighted by molar-refractivity contribution is 0.651. The van der Waals surface area contributed by atoms with E-state index in [-0.39, 0.29) is 0 Å². The molecular weight excluding hydrogens is 288 g/mol. The van der Waals surface area contributed by atoms with Crippen LogP contribution in [0.2, 0.25) is 0 Å². The largest absolute Gasteiger partial charge is 0.337 e. The maximum atomic E-state index is 5.93. The van der Waals surface area contributed by atoms with Gasteiger partial charge in [-0.1, -0.05) is 6.92 Å². The number of aromatic nitrogens is 6. The summed E-state index contributed by atoms with van der Waals surface area (Å²) in [6, 6.07) is 0. The molecule has 0 radical (unpaired) electrons. The topological polar surface area (TPSA) is 53.5 Å². The van der Waals surface area contributed by atoms with Crippen molar-refractivity contribution in [1.29, 1.82) is 0 Å². The van der Waals surface area contributed by atoms with Crippen molar-refractivity contribution in [2.75, 3.05) is 5.88 Å². The van der Waals surface area contributed by atoms with Crippen LogP contribution in [0.5, 0.6) is 0 Å². The summed E-state index contributed by atoms with van der Waals surface area (Å²) >= 11 is 5.93. The van der Waals surface area contributed by atoms with Crippen molar-refractivity contribution >= 4 is 22.8 Å². The van der Waals surface area contributed by atoms with Gasteiger partial charge in [0.1, 0.15) is 17.2 Å². The third-order valence-electron chi connectivity index (χ3n) is 3.74. The lowest BCUT2D eigenvalue weighted by atomic mass is 10.3. The third-order valence-corrected chi connectivity index (χ3v) is 3.93. The molecule has 0 aliphatic rings. The van der Waals surface area contributed by atoms with Crippen LogP contribution in [0.1, 0.15) is 24.3 Å². The zero-order chi connectivity index (χ0) is 15.0. The average Bonchev–Trinajstić information content (AvgIpc) is 3.10. The lowest BCUT2D eigenvalue weighted by Gasteiger charge is -2.09. The molecule has 6 nitrogen and oxygen atoms in total. The van der Waals surface area contributed by atoms with Crippen LogP contribution >= 0.6 is 11.6 Å². The predicted octanol–water partition coefficient (Wildman–Crippen LogP) is 1.90. The Labute approximate surface area is 128 Å². The maximum Gasteiger partial charge on any atom is 0.159 e. The summed E-state index contributed by atoms with van der Waals surface area (Å²) in [7, 11) is 3.96. The molecule has 0 aliphatic carbocycles. The van der Waals surface area contributed by atoms with Gasteiger partial charge in [-0.15, -0.1) is 11.6 Å². The molecular formula is C14H19ClN6. The number of nitrogens with zero attached hydrogens (tertiary/aromatic N) is 6. The molecule has 0 bridgehead atoms. The van der Waals surface area contributed by atoms with Gasteiger partial charge >= 0.3 is 0 Å². The quantitative estimate of drug-likeness (QED) is 0.677. The van der Waals surface area contributed by atoms with Crippen LogP contribution < -0.4 is 0 Å². The van der Waals surface area contributed by atoms with Gasteiger partial charge in [0.15, 0.2) is 5.65 Å². The fraction of sp³-hybridized carbons (Fsp3) is 0.500. The number of rotatable bonds is 5. The first-order chi connectivity index (χ1) is 10.2. The van der Waals surface area contributed by atoms with E-state index in [0.29, 0.717) is 12.4 Å². The molecule has 3 heterocycles. The van der Waals surface area contributed by atoms with E-state index in [0.717, 1.165) is 41.3 Å². The van der Waals surface area contributed by atoms with Gasteiger partial charge in [0.25, 0.3) is 0 Å². The number of aryl methyl sites for hydroxylation is 4. The molecule has 0 aliphatic heterocycles. The zero-order valence-corrected chi connectivity index (χ0v) is 13.3. The second-order valence-electron chi connectivity index (χ2n) is 5.10. The first kappa shape index (κ1) is 14.1. The SMILES string of the molecule is CCc1nn(C)c2c1nc(CCCl)n2Cc1nccn1C. The Balaban J connectivity index is 2.15. The summed E-state index contributed by atoms with van der Waals surface area (Å²) in [5.41, 5.74) is 3.05.